The minimum absolute atomic E-state index is 0.0597. The topological polar surface area (TPSA) is 38.2 Å². The van der Waals surface area contributed by atoms with Gasteiger partial charge in [-0.25, -0.2) is 9.97 Å². The molecule has 1 atom stereocenters. The van der Waals surface area contributed by atoms with Gasteiger partial charge in [-0.05, 0) is 19.1 Å². The first-order valence-electron chi connectivity index (χ1n) is 6.94. The smallest absolute Gasteiger partial charge is 0.186 e. The van der Waals surface area contributed by atoms with Crippen molar-refractivity contribution in [2.45, 2.75) is 13.0 Å². The lowest BCUT2D eigenvalue weighted by molar-refractivity contribution is 0.0396. The molecule has 3 heterocycles. The van der Waals surface area contributed by atoms with Crippen LogP contribution in [-0.2, 0) is 4.74 Å². The van der Waals surface area contributed by atoms with Crippen molar-refractivity contribution in [1.82, 2.24) is 9.97 Å². The van der Waals surface area contributed by atoms with Crippen LogP contribution in [0.4, 0.5) is 5.13 Å². The molecule has 3 aromatic rings. The fourth-order valence-corrected chi connectivity index (χ4v) is 4.32. The first-order valence-corrected chi connectivity index (χ1v) is 8.63. The maximum absolute atomic E-state index is 5.89. The van der Waals surface area contributed by atoms with Crippen LogP contribution in [0.15, 0.2) is 29.6 Å². The van der Waals surface area contributed by atoms with Crippen LogP contribution in [0, 0.1) is 6.92 Å². The fourth-order valence-electron chi connectivity index (χ4n) is 2.49. The Morgan fingerprint density at radius 3 is 3.00 bits per heavy atom. The van der Waals surface area contributed by atoms with E-state index < -0.39 is 0 Å². The van der Waals surface area contributed by atoms with Gasteiger partial charge in [0.25, 0.3) is 0 Å². The third-order valence-electron chi connectivity index (χ3n) is 3.53. The lowest BCUT2D eigenvalue weighted by Crippen LogP contribution is -2.38. The molecule has 1 aliphatic heterocycles. The third-order valence-corrected chi connectivity index (χ3v) is 5.68. The van der Waals surface area contributed by atoms with Gasteiger partial charge < -0.3 is 9.64 Å². The number of morpholine rings is 1. The summed E-state index contributed by atoms with van der Waals surface area (Å²) < 4.78 is 7.12. The summed E-state index contributed by atoms with van der Waals surface area (Å²) in [5.41, 5.74) is 2.14. The van der Waals surface area contributed by atoms with E-state index in [-0.39, 0.29) is 6.10 Å². The highest BCUT2D eigenvalue weighted by Gasteiger charge is 2.26. The van der Waals surface area contributed by atoms with Crippen molar-refractivity contribution in [3.05, 3.63) is 40.3 Å². The molecule has 0 amide bonds. The first kappa shape index (κ1) is 13.2. The Labute approximate surface area is 131 Å². The zero-order chi connectivity index (χ0) is 14.2. The van der Waals surface area contributed by atoms with Crippen LogP contribution in [0.5, 0.6) is 0 Å². The van der Waals surface area contributed by atoms with E-state index in [1.54, 1.807) is 22.7 Å². The van der Waals surface area contributed by atoms with Crippen LogP contribution >= 0.6 is 22.7 Å². The molecular formula is C15H15N3OS2. The van der Waals surface area contributed by atoms with Crippen LogP contribution in [-0.4, -0.2) is 29.7 Å². The number of benzene rings is 1. The predicted molar refractivity (Wildman–Crippen MR) is 87.4 cm³/mol. The van der Waals surface area contributed by atoms with Crippen molar-refractivity contribution in [2.75, 3.05) is 24.6 Å². The van der Waals surface area contributed by atoms with Crippen molar-refractivity contribution >= 4 is 38.0 Å². The largest absolute Gasteiger partial charge is 0.367 e. The SMILES string of the molecule is Cc1csc([C@H]2CN(c3nc4ccccc4s3)CCO2)n1. The van der Waals surface area contributed by atoms with Gasteiger partial charge in [0.1, 0.15) is 11.1 Å². The molecule has 2 aromatic heterocycles. The minimum atomic E-state index is 0.0597. The molecule has 4 nitrogen and oxygen atoms in total. The standard InChI is InChI=1S/C15H15N3OS2/c1-10-9-20-14(16-10)12-8-18(6-7-19-12)15-17-11-4-2-3-5-13(11)21-15/h2-5,9,12H,6-8H2,1H3/t12-/m1/s1. The molecule has 1 aromatic carbocycles. The number of thiazole rings is 2. The molecule has 1 saturated heterocycles. The van der Waals surface area contributed by atoms with Gasteiger partial charge in [-0.15, -0.1) is 11.3 Å². The summed E-state index contributed by atoms with van der Waals surface area (Å²) in [6.45, 7) is 4.46. The lowest BCUT2D eigenvalue weighted by atomic mass is 10.3. The zero-order valence-electron chi connectivity index (χ0n) is 11.7. The summed E-state index contributed by atoms with van der Waals surface area (Å²) in [7, 11) is 0. The molecule has 0 saturated carbocycles. The second-order valence-electron chi connectivity index (χ2n) is 5.10. The van der Waals surface area contributed by atoms with Gasteiger partial charge in [-0.3, -0.25) is 0 Å². The van der Waals surface area contributed by atoms with Gasteiger partial charge in [-0.1, -0.05) is 23.5 Å². The molecule has 21 heavy (non-hydrogen) atoms. The molecule has 1 aliphatic rings. The fraction of sp³-hybridized carbons (Fsp3) is 0.333. The molecule has 108 valence electrons. The highest BCUT2D eigenvalue weighted by molar-refractivity contribution is 7.22. The highest BCUT2D eigenvalue weighted by Crippen LogP contribution is 2.32. The molecule has 4 rings (SSSR count). The van der Waals surface area contributed by atoms with E-state index in [2.05, 4.69) is 33.5 Å². The van der Waals surface area contributed by atoms with E-state index in [0.29, 0.717) is 0 Å². The summed E-state index contributed by atoms with van der Waals surface area (Å²) in [6, 6.07) is 8.28. The zero-order valence-corrected chi connectivity index (χ0v) is 13.3. The second-order valence-corrected chi connectivity index (χ2v) is 7.00. The maximum Gasteiger partial charge on any atom is 0.186 e. The molecule has 0 bridgehead atoms. The van der Waals surface area contributed by atoms with Crippen molar-refractivity contribution in [1.29, 1.82) is 0 Å². The van der Waals surface area contributed by atoms with Crippen LogP contribution in [0.2, 0.25) is 0 Å². The van der Waals surface area contributed by atoms with Crippen LogP contribution in [0.1, 0.15) is 16.8 Å². The Morgan fingerprint density at radius 2 is 2.19 bits per heavy atom. The Kier molecular flexibility index (Phi) is 3.37. The molecule has 0 radical (unpaired) electrons. The Hall–Kier alpha value is -1.50. The number of rotatable bonds is 2. The number of anilines is 1. The van der Waals surface area contributed by atoms with Crippen LogP contribution in [0.25, 0.3) is 10.2 Å². The Bertz CT molecular complexity index is 734. The number of nitrogens with zero attached hydrogens (tertiary/aromatic N) is 3. The van der Waals surface area contributed by atoms with E-state index in [0.717, 1.165) is 41.0 Å². The second kappa shape index (κ2) is 5.36. The van der Waals surface area contributed by atoms with Gasteiger partial charge >= 0.3 is 0 Å². The number of hydrogen-bond donors (Lipinski definition) is 0. The quantitative estimate of drug-likeness (QED) is 0.723. The van der Waals surface area contributed by atoms with E-state index in [4.69, 9.17) is 9.72 Å². The predicted octanol–water partition coefficient (Wildman–Crippen LogP) is 3.64. The lowest BCUT2D eigenvalue weighted by Gasteiger charge is -2.31. The van der Waals surface area contributed by atoms with E-state index in [1.807, 2.05) is 13.0 Å². The van der Waals surface area contributed by atoms with Gasteiger partial charge in [0.15, 0.2) is 5.13 Å². The minimum Gasteiger partial charge on any atom is -0.367 e. The Balaban J connectivity index is 1.60. The molecule has 6 heteroatoms. The summed E-state index contributed by atoms with van der Waals surface area (Å²) in [6.07, 6.45) is 0.0597. The number of hydrogen-bond acceptors (Lipinski definition) is 6. The normalized spacial score (nSPS) is 19.3. The van der Waals surface area contributed by atoms with Crippen LogP contribution < -0.4 is 4.90 Å². The molecule has 0 aliphatic carbocycles. The average molecular weight is 317 g/mol. The summed E-state index contributed by atoms with van der Waals surface area (Å²) in [4.78, 5) is 11.6. The number of aryl methyl sites for hydroxylation is 1. The van der Waals surface area contributed by atoms with Gasteiger partial charge in [0, 0.05) is 17.6 Å². The third kappa shape index (κ3) is 2.54. The van der Waals surface area contributed by atoms with Crippen molar-refractivity contribution < 1.29 is 4.74 Å². The van der Waals surface area contributed by atoms with E-state index >= 15 is 0 Å². The average Bonchev–Trinajstić information content (AvgIpc) is 3.13. The van der Waals surface area contributed by atoms with Gasteiger partial charge in [-0.2, -0.15) is 0 Å². The van der Waals surface area contributed by atoms with Gasteiger partial charge in [0.2, 0.25) is 0 Å². The summed E-state index contributed by atoms with van der Waals surface area (Å²) >= 11 is 3.43. The monoisotopic (exact) mass is 317 g/mol. The Morgan fingerprint density at radius 1 is 1.29 bits per heavy atom. The molecule has 1 fully saturated rings. The van der Waals surface area contributed by atoms with Crippen molar-refractivity contribution in [2.24, 2.45) is 0 Å². The number of aromatic nitrogens is 2. The van der Waals surface area contributed by atoms with E-state index in [9.17, 15) is 0 Å². The molecular weight excluding hydrogens is 302 g/mol. The van der Waals surface area contributed by atoms with Crippen molar-refractivity contribution in [3.63, 3.8) is 0 Å². The maximum atomic E-state index is 5.89. The molecule has 0 unspecified atom stereocenters. The summed E-state index contributed by atoms with van der Waals surface area (Å²) in [5, 5.41) is 4.23. The highest BCUT2D eigenvalue weighted by atomic mass is 32.1. The number of fused-ring (bicyclic) bond motifs is 1. The van der Waals surface area contributed by atoms with E-state index in [1.165, 1.54) is 4.70 Å². The first-order chi connectivity index (χ1) is 10.3. The van der Waals surface area contributed by atoms with Crippen molar-refractivity contribution in [3.8, 4) is 0 Å². The molecule has 0 spiro atoms. The molecule has 0 N–H and O–H groups in total. The van der Waals surface area contributed by atoms with Gasteiger partial charge in [0.05, 0.1) is 23.4 Å². The number of ether oxygens (including phenoxy) is 1. The van der Waals surface area contributed by atoms with Crippen LogP contribution in [0.3, 0.4) is 0 Å². The number of para-hydroxylation sites is 1. The summed E-state index contributed by atoms with van der Waals surface area (Å²) in [5.74, 6) is 0.